The number of carbonyl (C=O) groups excluding carboxylic acids is 2. The lowest BCUT2D eigenvalue weighted by Crippen LogP contribution is -2.57. The standard InChI is InChI=1S/C17H14N4O2/c1-21-14-10-6-5-9-13(14)15(22)17(16(21)23,19-20-18)11-12-7-3-2-4-8-12/h2-10H,11H2,1H3/t17-/m0/s1. The van der Waals surface area contributed by atoms with Crippen molar-refractivity contribution in [3.05, 3.63) is 76.2 Å². The number of benzene rings is 2. The summed E-state index contributed by atoms with van der Waals surface area (Å²) in [6.07, 6.45) is 0.0360. The third-order valence-corrected chi connectivity index (χ3v) is 4.06. The number of nitrogens with zero attached hydrogens (tertiary/aromatic N) is 4. The van der Waals surface area contributed by atoms with Gasteiger partial charge >= 0.3 is 0 Å². The molecule has 6 heteroatoms. The molecule has 1 heterocycles. The summed E-state index contributed by atoms with van der Waals surface area (Å²) in [5, 5.41) is 3.66. The fourth-order valence-electron chi connectivity index (χ4n) is 2.91. The van der Waals surface area contributed by atoms with Gasteiger partial charge in [-0.25, -0.2) is 0 Å². The number of amides is 1. The van der Waals surface area contributed by atoms with Crippen molar-refractivity contribution in [1.29, 1.82) is 0 Å². The van der Waals surface area contributed by atoms with E-state index in [1.54, 1.807) is 43.4 Å². The van der Waals surface area contributed by atoms with Crippen molar-refractivity contribution in [2.24, 2.45) is 5.11 Å². The minimum absolute atomic E-state index is 0.0360. The van der Waals surface area contributed by atoms with Crippen LogP contribution in [-0.2, 0) is 11.2 Å². The molecule has 2 aromatic rings. The Kier molecular flexibility index (Phi) is 3.60. The van der Waals surface area contributed by atoms with Crippen LogP contribution in [0.25, 0.3) is 10.4 Å². The van der Waals surface area contributed by atoms with Gasteiger partial charge in [-0.3, -0.25) is 9.59 Å². The molecule has 2 aromatic carbocycles. The minimum Gasteiger partial charge on any atom is -0.314 e. The van der Waals surface area contributed by atoms with Crippen LogP contribution in [0.2, 0.25) is 0 Å². The van der Waals surface area contributed by atoms with Gasteiger partial charge in [-0.05, 0) is 23.2 Å². The Labute approximate surface area is 133 Å². The van der Waals surface area contributed by atoms with Crippen molar-refractivity contribution in [3.63, 3.8) is 0 Å². The summed E-state index contributed by atoms with van der Waals surface area (Å²) >= 11 is 0. The lowest BCUT2D eigenvalue weighted by Gasteiger charge is -2.36. The third kappa shape index (κ3) is 2.25. The maximum atomic E-state index is 13.0. The first-order valence-corrected chi connectivity index (χ1v) is 7.12. The maximum Gasteiger partial charge on any atom is 0.247 e. The number of carbonyl (C=O) groups is 2. The van der Waals surface area contributed by atoms with E-state index in [0.29, 0.717) is 11.3 Å². The molecule has 0 N–H and O–H groups in total. The van der Waals surface area contributed by atoms with E-state index in [0.717, 1.165) is 5.56 Å². The molecule has 1 aliphatic heterocycles. The van der Waals surface area contributed by atoms with Crippen LogP contribution in [0.3, 0.4) is 0 Å². The lowest BCUT2D eigenvalue weighted by molar-refractivity contribution is -0.122. The van der Waals surface area contributed by atoms with Gasteiger partial charge in [0.2, 0.25) is 5.91 Å². The highest BCUT2D eigenvalue weighted by Gasteiger charge is 2.51. The second-order valence-corrected chi connectivity index (χ2v) is 5.42. The van der Waals surface area contributed by atoms with Gasteiger partial charge in [-0.1, -0.05) is 47.6 Å². The van der Waals surface area contributed by atoms with E-state index in [2.05, 4.69) is 10.0 Å². The number of hydrogen-bond donors (Lipinski definition) is 0. The molecule has 0 unspecified atom stereocenters. The summed E-state index contributed by atoms with van der Waals surface area (Å²) in [6.45, 7) is 0. The molecule has 0 bridgehead atoms. The molecule has 1 amide bonds. The number of hydrogen-bond acceptors (Lipinski definition) is 3. The van der Waals surface area contributed by atoms with Gasteiger partial charge < -0.3 is 4.90 Å². The average molecular weight is 306 g/mol. The molecule has 0 spiro atoms. The first-order valence-electron chi connectivity index (χ1n) is 7.12. The number of Topliss-reactive ketones (excluding diaryl/α,β-unsaturated/α-hetero) is 1. The van der Waals surface area contributed by atoms with E-state index in [-0.39, 0.29) is 6.42 Å². The van der Waals surface area contributed by atoms with Gasteiger partial charge in [-0.2, -0.15) is 0 Å². The topological polar surface area (TPSA) is 86.1 Å². The Morgan fingerprint density at radius 2 is 1.74 bits per heavy atom. The average Bonchev–Trinajstić information content (AvgIpc) is 2.59. The van der Waals surface area contributed by atoms with Gasteiger partial charge in [0.25, 0.3) is 0 Å². The maximum absolute atomic E-state index is 13.0. The Bertz CT molecular complexity index is 827. The first-order chi connectivity index (χ1) is 11.1. The van der Waals surface area contributed by atoms with Crippen LogP contribution in [0.5, 0.6) is 0 Å². The van der Waals surface area contributed by atoms with Crippen molar-refractivity contribution in [2.45, 2.75) is 12.0 Å². The van der Waals surface area contributed by atoms with E-state index < -0.39 is 17.2 Å². The zero-order valence-electron chi connectivity index (χ0n) is 12.5. The van der Waals surface area contributed by atoms with Crippen LogP contribution in [-0.4, -0.2) is 24.3 Å². The smallest absolute Gasteiger partial charge is 0.247 e. The molecule has 114 valence electrons. The monoisotopic (exact) mass is 306 g/mol. The number of ketones is 1. The molecule has 1 aliphatic rings. The van der Waals surface area contributed by atoms with Crippen molar-refractivity contribution in [2.75, 3.05) is 11.9 Å². The van der Waals surface area contributed by atoms with E-state index in [9.17, 15) is 9.59 Å². The van der Waals surface area contributed by atoms with Crippen LogP contribution in [0, 0.1) is 0 Å². The number of azide groups is 1. The number of likely N-dealkylation sites (N-methyl/N-ethyl adjacent to an activating group) is 1. The fraction of sp³-hybridized carbons (Fsp3) is 0.176. The van der Waals surface area contributed by atoms with Gasteiger partial charge in [0.1, 0.15) is 0 Å². The van der Waals surface area contributed by atoms with Crippen LogP contribution in [0.15, 0.2) is 59.7 Å². The first kappa shape index (κ1) is 14.8. The van der Waals surface area contributed by atoms with Crippen LogP contribution in [0.1, 0.15) is 15.9 Å². The molecule has 0 aliphatic carbocycles. The Morgan fingerprint density at radius 3 is 2.43 bits per heavy atom. The Morgan fingerprint density at radius 1 is 1.09 bits per heavy atom. The molecule has 0 radical (unpaired) electrons. The SMILES string of the molecule is CN1C(=O)[C@@](Cc2ccccc2)(N=[N+]=[N-])C(=O)c2ccccc21. The highest BCUT2D eigenvalue weighted by Crippen LogP contribution is 2.36. The Balaban J connectivity index is 2.18. The number of para-hydroxylation sites is 1. The molecule has 6 nitrogen and oxygen atoms in total. The summed E-state index contributed by atoms with van der Waals surface area (Å²) in [4.78, 5) is 30.0. The van der Waals surface area contributed by atoms with E-state index in [4.69, 9.17) is 5.53 Å². The molecule has 23 heavy (non-hydrogen) atoms. The summed E-state index contributed by atoms with van der Waals surface area (Å²) in [7, 11) is 1.58. The summed E-state index contributed by atoms with van der Waals surface area (Å²) < 4.78 is 0. The van der Waals surface area contributed by atoms with Crippen LogP contribution >= 0.6 is 0 Å². The van der Waals surface area contributed by atoms with Crippen LogP contribution in [0.4, 0.5) is 5.69 Å². The molecule has 0 saturated heterocycles. The molecule has 0 fully saturated rings. The van der Waals surface area contributed by atoms with Crippen LogP contribution < -0.4 is 4.90 Å². The third-order valence-electron chi connectivity index (χ3n) is 4.06. The summed E-state index contributed by atoms with van der Waals surface area (Å²) in [5.41, 5.74) is 8.86. The number of anilines is 1. The fourth-order valence-corrected chi connectivity index (χ4v) is 2.91. The molecular weight excluding hydrogens is 292 g/mol. The van der Waals surface area contributed by atoms with Gasteiger partial charge in [-0.15, -0.1) is 0 Å². The zero-order valence-corrected chi connectivity index (χ0v) is 12.5. The number of fused-ring (bicyclic) bond motifs is 1. The predicted octanol–water partition coefficient (Wildman–Crippen LogP) is 3.14. The lowest BCUT2D eigenvalue weighted by atomic mass is 9.79. The van der Waals surface area contributed by atoms with Gasteiger partial charge in [0, 0.05) is 23.9 Å². The zero-order chi connectivity index (χ0) is 16.4. The normalized spacial score (nSPS) is 20.0. The molecule has 0 aromatic heterocycles. The van der Waals surface area contributed by atoms with E-state index in [1.807, 2.05) is 18.2 Å². The molecular formula is C17H14N4O2. The molecule has 0 saturated carbocycles. The summed E-state index contributed by atoms with van der Waals surface area (Å²) in [5.74, 6) is -0.972. The minimum atomic E-state index is -1.78. The van der Waals surface area contributed by atoms with Gasteiger partial charge in [0.05, 0.1) is 5.69 Å². The van der Waals surface area contributed by atoms with E-state index in [1.165, 1.54) is 4.90 Å². The molecule has 3 rings (SSSR count). The van der Waals surface area contributed by atoms with Crippen molar-refractivity contribution < 1.29 is 9.59 Å². The van der Waals surface area contributed by atoms with E-state index >= 15 is 0 Å². The molecule has 1 atom stereocenters. The number of rotatable bonds is 3. The van der Waals surface area contributed by atoms with Crippen molar-refractivity contribution in [3.8, 4) is 0 Å². The predicted molar refractivity (Wildman–Crippen MR) is 86.2 cm³/mol. The Hall–Kier alpha value is -3.11. The highest BCUT2D eigenvalue weighted by atomic mass is 16.2. The second-order valence-electron chi connectivity index (χ2n) is 5.42. The second kappa shape index (κ2) is 5.59. The highest BCUT2D eigenvalue weighted by molar-refractivity contribution is 6.28. The summed E-state index contributed by atoms with van der Waals surface area (Å²) in [6, 6.07) is 15.9. The quantitative estimate of drug-likeness (QED) is 0.377. The van der Waals surface area contributed by atoms with Crippen molar-refractivity contribution >= 4 is 17.4 Å². The largest absolute Gasteiger partial charge is 0.314 e. The van der Waals surface area contributed by atoms with Crippen molar-refractivity contribution in [1.82, 2.24) is 0 Å². The van der Waals surface area contributed by atoms with Gasteiger partial charge in [0.15, 0.2) is 11.3 Å².